The fourth-order valence-electron chi connectivity index (χ4n) is 3.67. The van der Waals surface area contributed by atoms with E-state index in [1.54, 1.807) is 12.5 Å². The first-order chi connectivity index (χ1) is 15.6. The lowest BCUT2D eigenvalue weighted by Crippen LogP contribution is -2.41. The monoisotopic (exact) mass is 457 g/mol. The molecule has 0 atom stereocenters. The minimum atomic E-state index is -0.384. The highest BCUT2D eigenvalue weighted by Gasteiger charge is 2.24. The van der Waals surface area contributed by atoms with Gasteiger partial charge in [0, 0.05) is 37.0 Å². The highest BCUT2D eigenvalue weighted by molar-refractivity contribution is 7.15. The van der Waals surface area contributed by atoms with Gasteiger partial charge in [0.25, 0.3) is 5.91 Å². The lowest BCUT2D eigenvalue weighted by molar-refractivity contribution is -0.121. The molecule has 2 amide bonds. The Kier molecular flexibility index (Phi) is 7.03. The molecule has 1 aliphatic heterocycles. The van der Waals surface area contributed by atoms with E-state index in [0.717, 1.165) is 40.8 Å². The van der Waals surface area contributed by atoms with Crippen LogP contribution in [0.25, 0.3) is 16.2 Å². The molecule has 4 rings (SSSR count). The largest absolute Gasteiger partial charge is 0.497 e. The molecular weight excluding hydrogens is 430 g/mol. The molecule has 2 aromatic heterocycles. The Hall–Kier alpha value is -2.95. The average Bonchev–Trinajstić information content (AvgIpc) is 3.37. The molecule has 0 saturated carbocycles. The van der Waals surface area contributed by atoms with Crippen LogP contribution < -0.4 is 15.6 Å². The Bertz CT molecular complexity index is 1090. The summed E-state index contributed by atoms with van der Waals surface area (Å²) in [5.41, 5.74) is 8.12. The van der Waals surface area contributed by atoms with E-state index in [0.29, 0.717) is 38.3 Å². The number of carbonyl (C=O) groups is 2. The summed E-state index contributed by atoms with van der Waals surface area (Å²) in [5, 5.41) is 1.76. The van der Waals surface area contributed by atoms with E-state index in [9.17, 15) is 9.59 Å². The van der Waals surface area contributed by atoms with Crippen molar-refractivity contribution in [3.63, 3.8) is 0 Å². The molecular formula is C22H27N5O4S. The molecule has 2 N–H and O–H groups in total. The number of rotatable bonds is 7. The van der Waals surface area contributed by atoms with Crippen LogP contribution in [0.3, 0.4) is 0 Å². The molecule has 1 aromatic carbocycles. The molecule has 170 valence electrons. The van der Waals surface area contributed by atoms with Crippen molar-refractivity contribution >= 4 is 28.1 Å². The predicted molar refractivity (Wildman–Crippen MR) is 122 cm³/mol. The van der Waals surface area contributed by atoms with Crippen molar-refractivity contribution < 1.29 is 19.1 Å². The summed E-state index contributed by atoms with van der Waals surface area (Å²) in [6.07, 6.45) is 1.06. The number of fused-ring (bicyclic) bond motifs is 1. The van der Waals surface area contributed by atoms with Gasteiger partial charge in [0.2, 0.25) is 5.91 Å². The zero-order chi connectivity index (χ0) is 22.5. The topological polar surface area (TPSA) is 97.2 Å². The molecule has 1 fully saturated rings. The maximum atomic E-state index is 12.9. The average molecular weight is 458 g/mol. The summed E-state index contributed by atoms with van der Waals surface area (Å²) < 4.78 is 12.6. The SMILES string of the molecule is CCCC(=O)NNC(=O)c1csc2nc(CN3CCOCC3)c(-c3ccc(OC)cc3)n12. The van der Waals surface area contributed by atoms with E-state index in [-0.39, 0.29) is 11.8 Å². The number of morpholine rings is 1. The third-order valence-corrected chi connectivity index (χ3v) is 6.13. The van der Waals surface area contributed by atoms with Crippen LogP contribution in [0.4, 0.5) is 0 Å². The minimum absolute atomic E-state index is 0.221. The number of hydrogen-bond donors (Lipinski definition) is 2. The van der Waals surface area contributed by atoms with Gasteiger partial charge in [-0.15, -0.1) is 11.3 Å². The maximum Gasteiger partial charge on any atom is 0.287 e. The fraction of sp³-hybridized carbons (Fsp3) is 0.409. The second kappa shape index (κ2) is 10.1. The van der Waals surface area contributed by atoms with E-state index in [2.05, 4.69) is 15.8 Å². The summed E-state index contributed by atoms with van der Waals surface area (Å²) in [6, 6.07) is 7.72. The van der Waals surface area contributed by atoms with E-state index in [4.69, 9.17) is 14.5 Å². The molecule has 1 saturated heterocycles. The van der Waals surface area contributed by atoms with Crippen LogP contribution in [-0.2, 0) is 16.1 Å². The number of nitrogens with zero attached hydrogens (tertiary/aromatic N) is 3. The third-order valence-electron chi connectivity index (χ3n) is 5.30. The highest BCUT2D eigenvalue weighted by Crippen LogP contribution is 2.31. The Morgan fingerprint density at radius 2 is 1.94 bits per heavy atom. The van der Waals surface area contributed by atoms with E-state index >= 15 is 0 Å². The van der Waals surface area contributed by atoms with Crippen LogP contribution in [0.1, 0.15) is 35.9 Å². The van der Waals surface area contributed by atoms with E-state index in [1.165, 1.54) is 11.3 Å². The zero-order valence-electron chi connectivity index (χ0n) is 18.2. The second-order valence-corrected chi connectivity index (χ2v) is 8.35. The number of thiazole rings is 1. The Morgan fingerprint density at radius 1 is 1.19 bits per heavy atom. The Labute approximate surface area is 190 Å². The van der Waals surface area contributed by atoms with Gasteiger partial charge in [-0.3, -0.25) is 29.7 Å². The third kappa shape index (κ3) is 4.77. The standard InChI is InChI=1S/C22H27N5O4S/c1-3-4-19(28)24-25-21(29)18-14-32-22-23-17(13-26-9-11-31-12-10-26)20(27(18)22)15-5-7-16(30-2)8-6-15/h5-8,14H,3-4,9-13H2,1-2H3,(H,24,28)(H,25,29). The van der Waals surface area contributed by atoms with Gasteiger partial charge in [-0.25, -0.2) is 4.98 Å². The molecule has 1 aliphatic rings. The first kappa shape index (κ1) is 22.3. The van der Waals surface area contributed by atoms with Crippen molar-refractivity contribution in [2.45, 2.75) is 26.3 Å². The second-order valence-electron chi connectivity index (χ2n) is 7.52. The number of carbonyl (C=O) groups excluding carboxylic acids is 2. The summed E-state index contributed by atoms with van der Waals surface area (Å²) >= 11 is 1.40. The van der Waals surface area contributed by atoms with Gasteiger partial charge >= 0.3 is 0 Å². The van der Waals surface area contributed by atoms with Gasteiger partial charge in [0.1, 0.15) is 11.4 Å². The first-order valence-electron chi connectivity index (χ1n) is 10.6. The van der Waals surface area contributed by atoms with Gasteiger partial charge in [0.05, 0.1) is 31.7 Å². The van der Waals surface area contributed by atoms with Crippen LogP contribution in [0.5, 0.6) is 5.75 Å². The normalized spacial score (nSPS) is 14.4. The van der Waals surface area contributed by atoms with Crippen molar-refractivity contribution in [2.24, 2.45) is 0 Å². The number of imidazole rings is 1. The summed E-state index contributed by atoms with van der Waals surface area (Å²) in [7, 11) is 1.63. The molecule has 0 aliphatic carbocycles. The van der Waals surface area contributed by atoms with Crippen molar-refractivity contribution in [3.8, 4) is 17.0 Å². The van der Waals surface area contributed by atoms with Gasteiger partial charge in [-0.1, -0.05) is 6.92 Å². The molecule has 3 heterocycles. The number of methoxy groups -OCH3 is 1. The number of benzene rings is 1. The lowest BCUT2D eigenvalue weighted by atomic mass is 10.1. The van der Waals surface area contributed by atoms with Crippen LogP contribution >= 0.6 is 11.3 Å². The van der Waals surface area contributed by atoms with Crippen molar-refractivity contribution in [2.75, 3.05) is 33.4 Å². The molecule has 0 spiro atoms. The molecule has 32 heavy (non-hydrogen) atoms. The van der Waals surface area contributed by atoms with Gasteiger partial charge < -0.3 is 9.47 Å². The predicted octanol–water partition coefficient (Wildman–Crippen LogP) is 2.46. The first-order valence-corrected chi connectivity index (χ1v) is 11.5. The Balaban J connectivity index is 1.71. The van der Waals surface area contributed by atoms with Gasteiger partial charge in [-0.2, -0.15) is 0 Å². The number of ether oxygens (including phenoxy) is 2. The Morgan fingerprint density at radius 3 is 2.62 bits per heavy atom. The van der Waals surface area contributed by atoms with E-state index in [1.807, 2.05) is 35.6 Å². The molecule has 10 heteroatoms. The number of nitrogens with one attached hydrogen (secondary N) is 2. The van der Waals surface area contributed by atoms with Crippen molar-refractivity contribution in [3.05, 3.63) is 41.0 Å². The van der Waals surface area contributed by atoms with Gasteiger partial charge in [0.15, 0.2) is 4.96 Å². The molecule has 9 nitrogen and oxygen atoms in total. The van der Waals surface area contributed by atoms with E-state index < -0.39 is 0 Å². The van der Waals surface area contributed by atoms with Gasteiger partial charge in [-0.05, 0) is 30.7 Å². The summed E-state index contributed by atoms with van der Waals surface area (Å²) in [6.45, 7) is 5.64. The summed E-state index contributed by atoms with van der Waals surface area (Å²) in [4.78, 5) is 32.6. The molecule has 0 bridgehead atoms. The molecule has 0 radical (unpaired) electrons. The van der Waals surface area contributed by atoms with Crippen LogP contribution in [-0.4, -0.2) is 59.5 Å². The van der Waals surface area contributed by atoms with Crippen molar-refractivity contribution in [1.29, 1.82) is 0 Å². The smallest absolute Gasteiger partial charge is 0.287 e. The van der Waals surface area contributed by atoms with Crippen LogP contribution in [0.15, 0.2) is 29.6 Å². The number of amides is 2. The van der Waals surface area contributed by atoms with Crippen LogP contribution in [0.2, 0.25) is 0 Å². The number of hydrogen-bond acceptors (Lipinski definition) is 7. The quantitative estimate of drug-likeness (QED) is 0.529. The minimum Gasteiger partial charge on any atom is -0.497 e. The highest BCUT2D eigenvalue weighted by atomic mass is 32.1. The number of aromatic nitrogens is 2. The summed E-state index contributed by atoms with van der Waals surface area (Å²) in [5.74, 6) is 0.151. The number of hydrazine groups is 1. The van der Waals surface area contributed by atoms with Crippen molar-refractivity contribution in [1.82, 2.24) is 25.1 Å². The zero-order valence-corrected chi connectivity index (χ0v) is 19.0. The lowest BCUT2D eigenvalue weighted by Gasteiger charge is -2.26. The molecule has 0 unspecified atom stereocenters. The van der Waals surface area contributed by atoms with Crippen LogP contribution in [0, 0.1) is 0 Å². The molecule has 3 aromatic rings. The fourth-order valence-corrected chi connectivity index (χ4v) is 4.56. The maximum absolute atomic E-state index is 12.9.